The number of halogens is 1. The Balaban J connectivity index is 2.45. The second-order valence-electron chi connectivity index (χ2n) is 2.62. The molecule has 0 radical (unpaired) electrons. The van der Waals surface area contributed by atoms with Gasteiger partial charge in [0.15, 0.2) is 0 Å². The first-order chi connectivity index (χ1) is 6.79. The van der Waals surface area contributed by atoms with Crippen LogP contribution < -0.4 is 0 Å². The SMILES string of the molecule is N#Cc1ccc(-c2cccc(Cl)n2)s1. The fourth-order valence-electron chi connectivity index (χ4n) is 1.08. The lowest BCUT2D eigenvalue weighted by molar-refractivity contribution is 1.34. The van der Waals surface area contributed by atoms with Gasteiger partial charge in [-0.1, -0.05) is 17.7 Å². The van der Waals surface area contributed by atoms with Crippen molar-refractivity contribution in [3.63, 3.8) is 0 Å². The molecule has 2 rings (SSSR count). The lowest BCUT2D eigenvalue weighted by Gasteiger charge is -1.95. The molecule has 2 heterocycles. The maximum absolute atomic E-state index is 8.67. The van der Waals surface area contributed by atoms with E-state index in [4.69, 9.17) is 16.9 Å². The third-order valence-electron chi connectivity index (χ3n) is 1.68. The monoisotopic (exact) mass is 220 g/mol. The van der Waals surface area contributed by atoms with E-state index in [2.05, 4.69) is 11.1 Å². The summed E-state index contributed by atoms with van der Waals surface area (Å²) in [6.45, 7) is 0. The lowest BCUT2D eigenvalue weighted by atomic mass is 10.3. The third-order valence-corrected chi connectivity index (χ3v) is 2.91. The Morgan fingerprint density at radius 3 is 2.79 bits per heavy atom. The van der Waals surface area contributed by atoms with Crippen molar-refractivity contribution in [2.24, 2.45) is 0 Å². The molecule has 0 atom stereocenters. The van der Waals surface area contributed by atoms with Gasteiger partial charge in [0.1, 0.15) is 16.1 Å². The first-order valence-corrected chi connectivity index (χ1v) is 5.12. The minimum absolute atomic E-state index is 0.467. The van der Waals surface area contributed by atoms with E-state index in [0.29, 0.717) is 10.0 Å². The Morgan fingerprint density at radius 1 is 1.29 bits per heavy atom. The number of hydrogen-bond acceptors (Lipinski definition) is 3. The summed E-state index contributed by atoms with van der Waals surface area (Å²) in [4.78, 5) is 5.80. The molecule has 0 aliphatic heterocycles. The van der Waals surface area contributed by atoms with Gasteiger partial charge in [-0.3, -0.25) is 0 Å². The van der Waals surface area contributed by atoms with Crippen LogP contribution >= 0.6 is 22.9 Å². The summed E-state index contributed by atoms with van der Waals surface area (Å²) in [5, 5.41) is 9.13. The van der Waals surface area contributed by atoms with Crippen LogP contribution in [0.4, 0.5) is 0 Å². The summed E-state index contributed by atoms with van der Waals surface area (Å²) in [7, 11) is 0. The molecule has 4 heteroatoms. The van der Waals surface area contributed by atoms with Crippen LogP contribution in [0.2, 0.25) is 5.15 Å². The number of aromatic nitrogens is 1. The Bertz CT molecular complexity index is 499. The van der Waals surface area contributed by atoms with Crippen molar-refractivity contribution in [1.82, 2.24) is 4.98 Å². The van der Waals surface area contributed by atoms with Gasteiger partial charge >= 0.3 is 0 Å². The second kappa shape index (κ2) is 3.79. The molecule has 0 saturated carbocycles. The number of thiophene rings is 1. The molecule has 2 nitrogen and oxygen atoms in total. The van der Waals surface area contributed by atoms with E-state index in [1.165, 1.54) is 11.3 Å². The Labute approximate surface area is 90.4 Å². The van der Waals surface area contributed by atoms with E-state index >= 15 is 0 Å². The van der Waals surface area contributed by atoms with E-state index in [1.54, 1.807) is 12.1 Å². The molecule has 0 fully saturated rings. The Morgan fingerprint density at radius 2 is 2.14 bits per heavy atom. The van der Waals surface area contributed by atoms with Crippen LogP contribution in [0.5, 0.6) is 0 Å². The second-order valence-corrected chi connectivity index (χ2v) is 4.09. The summed E-state index contributed by atoms with van der Waals surface area (Å²) >= 11 is 7.18. The Kier molecular flexibility index (Phi) is 2.49. The van der Waals surface area contributed by atoms with Crippen LogP contribution in [0.3, 0.4) is 0 Å². The summed E-state index contributed by atoms with van der Waals surface area (Å²) in [5.74, 6) is 0. The minimum Gasteiger partial charge on any atom is -0.235 e. The third kappa shape index (κ3) is 1.77. The molecule has 0 amide bonds. The van der Waals surface area contributed by atoms with Crippen LogP contribution in [0.15, 0.2) is 30.3 Å². The molecule has 2 aromatic heterocycles. The zero-order chi connectivity index (χ0) is 9.97. The van der Waals surface area contributed by atoms with Crippen LogP contribution in [0.25, 0.3) is 10.6 Å². The summed E-state index contributed by atoms with van der Waals surface area (Å²) in [6, 6.07) is 11.2. The molecule has 0 aliphatic rings. The molecule has 68 valence electrons. The number of nitrogens with zero attached hydrogens (tertiary/aromatic N) is 2. The first kappa shape index (κ1) is 9.20. The predicted molar refractivity (Wildman–Crippen MR) is 57.3 cm³/mol. The van der Waals surface area contributed by atoms with Gasteiger partial charge in [0, 0.05) is 0 Å². The molecular formula is C10H5ClN2S. The molecular weight excluding hydrogens is 216 g/mol. The summed E-state index contributed by atoms with van der Waals surface area (Å²) in [5.41, 5.74) is 0.809. The van der Waals surface area contributed by atoms with Gasteiger partial charge in [-0.25, -0.2) is 4.98 Å². The zero-order valence-electron chi connectivity index (χ0n) is 7.07. The van der Waals surface area contributed by atoms with Gasteiger partial charge in [-0.05, 0) is 24.3 Å². The van der Waals surface area contributed by atoms with Gasteiger partial charge < -0.3 is 0 Å². The molecule has 0 bridgehead atoms. The molecule has 14 heavy (non-hydrogen) atoms. The van der Waals surface area contributed by atoms with Crippen LogP contribution in [0.1, 0.15) is 4.88 Å². The highest BCUT2D eigenvalue weighted by molar-refractivity contribution is 7.15. The van der Waals surface area contributed by atoms with E-state index in [1.807, 2.05) is 18.2 Å². The number of nitriles is 1. The molecule has 0 aliphatic carbocycles. The van der Waals surface area contributed by atoms with Crippen molar-refractivity contribution >= 4 is 22.9 Å². The standard InChI is InChI=1S/C10H5ClN2S/c11-10-3-1-2-8(13-10)9-5-4-7(6-12)14-9/h1-5H. The van der Waals surface area contributed by atoms with Crippen molar-refractivity contribution in [2.45, 2.75) is 0 Å². The average Bonchev–Trinajstić information content (AvgIpc) is 2.66. The maximum Gasteiger partial charge on any atom is 0.129 e. The molecule has 0 spiro atoms. The highest BCUT2D eigenvalue weighted by Crippen LogP contribution is 2.26. The van der Waals surface area contributed by atoms with Gasteiger partial charge in [0.05, 0.1) is 10.6 Å². The molecule has 2 aromatic rings. The molecule has 0 aromatic carbocycles. The number of hydrogen-bond donors (Lipinski definition) is 0. The van der Waals surface area contributed by atoms with E-state index in [0.717, 1.165) is 10.6 Å². The van der Waals surface area contributed by atoms with Gasteiger partial charge in [-0.15, -0.1) is 11.3 Å². The van der Waals surface area contributed by atoms with E-state index in [-0.39, 0.29) is 0 Å². The normalized spacial score (nSPS) is 9.71. The van der Waals surface area contributed by atoms with Gasteiger partial charge in [-0.2, -0.15) is 5.26 Å². The smallest absolute Gasteiger partial charge is 0.129 e. The zero-order valence-corrected chi connectivity index (χ0v) is 8.64. The maximum atomic E-state index is 8.67. The van der Waals surface area contributed by atoms with Crippen LogP contribution in [-0.2, 0) is 0 Å². The lowest BCUT2D eigenvalue weighted by Crippen LogP contribution is -1.78. The van der Waals surface area contributed by atoms with Crippen molar-refractivity contribution < 1.29 is 0 Å². The molecule has 0 N–H and O–H groups in total. The number of rotatable bonds is 1. The van der Waals surface area contributed by atoms with Crippen molar-refractivity contribution in [3.8, 4) is 16.6 Å². The quantitative estimate of drug-likeness (QED) is 0.692. The van der Waals surface area contributed by atoms with E-state index in [9.17, 15) is 0 Å². The summed E-state index contributed by atoms with van der Waals surface area (Å²) < 4.78 is 0. The Hall–Kier alpha value is -1.37. The topological polar surface area (TPSA) is 36.7 Å². The fraction of sp³-hybridized carbons (Fsp3) is 0. The highest BCUT2D eigenvalue weighted by Gasteiger charge is 2.03. The van der Waals surface area contributed by atoms with Gasteiger partial charge in [0.25, 0.3) is 0 Å². The van der Waals surface area contributed by atoms with Crippen molar-refractivity contribution in [3.05, 3.63) is 40.4 Å². The molecule has 0 saturated heterocycles. The van der Waals surface area contributed by atoms with Crippen molar-refractivity contribution in [1.29, 1.82) is 5.26 Å². The number of pyridine rings is 1. The van der Waals surface area contributed by atoms with Crippen molar-refractivity contribution in [2.75, 3.05) is 0 Å². The van der Waals surface area contributed by atoms with Crippen LogP contribution in [0, 0.1) is 11.3 Å². The van der Waals surface area contributed by atoms with Crippen LogP contribution in [-0.4, -0.2) is 4.98 Å². The predicted octanol–water partition coefficient (Wildman–Crippen LogP) is 3.34. The summed E-state index contributed by atoms with van der Waals surface area (Å²) in [6.07, 6.45) is 0. The highest BCUT2D eigenvalue weighted by atomic mass is 35.5. The molecule has 0 unspecified atom stereocenters. The minimum atomic E-state index is 0.467. The van der Waals surface area contributed by atoms with Gasteiger partial charge in [0.2, 0.25) is 0 Å². The fourth-order valence-corrected chi connectivity index (χ4v) is 2.02. The van der Waals surface area contributed by atoms with E-state index < -0.39 is 0 Å². The first-order valence-electron chi connectivity index (χ1n) is 3.92. The largest absolute Gasteiger partial charge is 0.235 e. The average molecular weight is 221 g/mol.